The van der Waals surface area contributed by atoms with Gasteiger partial charge in [0, 0.05) is 6.42 Å². The lowest BCUT2D eigenvalue weighted by Crippen LogP contribution is -2.70. The number of aliphatic hydroxyl groups excluding tert-OH is 1. The predicted molar refractivity (Wildman–Crippen MR) is 48.3 cm³/mol. The van der Waals surface area contributed by atoms with Crippen LogP contribution in [0, 0.1) is 0 Å². The Morgan fingerprint density at radius 1 is 1.47 bits per heavy atom. The smallest absolute Gasteiger partial charge is 0.351 e. The summed E-state index contributed by atoms with van der Waals surface area (Å²) in [5.74, 6) is -3.92. The first-order chi connectivity index (χ1) is 7.85. The maximum absolute atomic E-state index is 11.6. The van der Waals surface area contributed by atoms with Gasteiger partial charge in [-0.25, -0.2) is 4.79 Å². The molecule has 2 rings (SSSR count). The lowest BCUT2D eigenvalue weighted by Gasteiger charge is -2.45. The van der Waals surface area contributed by atoms with E-state index in [1.54, 1.807) is 5.32 Å². The first-order valence-corrected chi connectivity index (χ1v) is 4.93. The Kier molecular flexibility index (Phi) is 2.60. The van der Waals surface area contributed by atoms with Crippen LogP contribution in [0.4, 0.5) is 4.79 Å². The van der Waals surface area contributed by atoms with Crippen molar-refractivity contribution in [2.45, 2.75) is 30.5 Å². The average Bonchev–Trinajstić information content (AvgIpc) is 2.47. The summed E-state index contributed by atoms with van der Waals surface area (Å²) in [4.78, 5) is 22.7. The molecular weight excluding hydrogens is 236 g/mol. The summed E-state index contributed by atoms with van der Waals surface area (Å²) in [5.41, 5.74) is -2.63. The normalized spacial score (nSPS) is 36.5. The maximum atomic E-state index is 11.6. The maximum Gasteiger partial charge on any atom is 0.351 e. The molecule has 2 saturated heterocycles. The molecule has 0 radical (unpaired) electrons. The molecule has 9 nitrogen and oxygen atoms in total. The minimum absolute atomic E-state index is 0.0700. The second-order valence-electron chi connectivity index (χ2n) is 3.99. The van der Waals surface area contributed by atoms with Crippen LogP contribution in [0.2, 0.25) is 0 Å². The molecule has 0 saturated carbocycles. The fourth-order valence-electron chi connectivity index (χ4n) is 1.98. The molecule has 2 atom stereocenters. The van der Waals surface area contributed by atoms with Crippen molar-refractivity contribution in [3.05, 3.63) is 0 Å². The van der Waals surface area contributed by atoms with Gasteiger partial charge in [-0.2, -0.15) is 5.06 Å². The molecule has 2 fully saturated rings. The largest absolute Gasteiger partial charge is 0.394 e. The summed E-state index contributed by atoms with van der Waals surface area (Å²) in [5, 5.41) is 39.4. The van der Waals surface area contributed by atoms with Gasteiger partial charge in [-0.15, -0.1) is 0 Å². The number of carbonyl (C=O) groups is 2. The molecule has 2 unspecified atom stereocenters. The van der Waals surface area contributed by atoms with Crippen LogP contribution in [0.5, 0.6) is 0 Å². The number of hydrogen-bond acceptors (Lipinski definition) is 7. The molecule has 3 amide bonds. The van der Waals surface area contributed by atoms with E-state index in [9.17, 15) is 25.0 Å². The number of carbonyl (C=O) groups excluding carboxylic acids is 2. The SMILES string of the molecule is O=C1NC(=O)C2(OC(CO)CCC2(O)O)N1O. The predicted octanol–water partition coefficient (Wildman–Crippen LogP) is -2.52. The van der Waals surface area contributed by atoms with Crippen molar-refractivity contribution in [1.29, 1.82) is 0 Å². The van der Waals surface area contributed by atoms with Crippen molar-refractivity contribution >= 4 is 11.9 Å². The number of imide groups is 1. The number of aliphatic hydroxyl groups is 3. The Balaban J connectivity index is 2.43. The minimum atomic E-state index is -2.73. The van der Waals surface area contributed by atoms with Crippen molar-refractivity contribution in [2.24, 2.45) is 0 Å². The molecular formula is C8H12N2O7. The van der Waals surface area contributed by atoms with Crippen molar-refractivity contribution in [3.8, 4) is 0 Å². The number of nitrogens with one attached hydrogen (secondary N) is 1. The van der Waals surface area contributed by atoms with Gasteiger partial charge in [-0.05, 0) is 6.42 Å². The summed E-state index contributed by atoms with van der Waals surface area (Å²) in [6.07, 6.45) is -1.15. The average molecular weight is 248 g/mol. The van der Waals surface area contributed by atoms with Crippen LogP contribution in [-0.2, 0) is 9.53 Å². The molecule has 9 heteroatoms. The molecule has 17 heavy (non-hydrogen) atoms. The lowest BCUT2D eigenvalue weighted by atomic mass is 9.91. The van der Waals surface area contributed by atoms with Crippen molar-refractivity contribution in [2.75, 3.05) is 6.61 Å². The van der Waals surface area contributed by atoms with Gasteiger partial charge in [0.25, 0.3) is 5.91 Å². The topological polar surface area (TPSA) is 140 Å². The van der Waals surface area contributed by atoms with E-state index in [1.807, 2.05) is 0 Å². The highest BCUT2D eigenvalue weighted by molar-refractivity contribution is 6.06. The van der Waals surface area contributed by atoms with Gasteiger partial charge < -0.3 is 20.1 Å². The van der Waals surface area contributed by atoms with Gasteiger partial charge in [0.15, 0.2) is 0 Å². The molecule has 5 N–H and O–H groups in total. The molecule has 0 bridgehead atoms. The summed E-state index contributed by atoms with van der Waals surface area (Å²) >= 11 is 0. The standard InChI is InChI=1S/C8H12N2O7/c11-3-4-1-2-7(14,15)8(17-4)5(12)9-6(13)10(8)16/h4,11,14-16H,1-3H2,(H,9,12,13). The Morgan fingerprint density at radius 2 is 2.12 bits per heavy atom. The molecule has 96 valence electrons. The molecule has 1 spiro atoms. The van der Waals surface area contributed by atoms with Crippen LogP contribution in [0.3, 0.4) is 0 Å². The molecule has 2 heterocycles. The van der Waals surface area contributed by atoms with Gasteiger partial charge in [0.1, 0.15) is 0 Å². The summed E-state index contributed by atoms with van der Waals surface area (Å²) in [6.45, 7) is -0.479. The van der Waals surface area contributed by atoms with Gasteiger partial charge in [-0.3, -0.25) is 15.3 Å². The summed E-state index contributed by atoms with van der Waals surface area (Å²) in [7, 11) is 0. The van der Waals surface area contributed by atoms with Gasteiger partial charge in [0.05, 0.1) is 12.7 Å². The third-order valence-electron chi connectivity index (χ3n) is 2.92. The zero-order valence-corrected chi connectivity index (χ0v) is 8.66. The number of rotatable bonds is 1. The molecule has 0 aliphatic carbocycles. The van der Waals surface area contributed by atoms with E-state index in [4.69, 9.17) is 9.84 Å². The fraction of sp³-hybridized carbons (Fsp3) is 0.750. The number of hydrogen-bond donors (Lipinski definition) is 5. The first kappa shape index (κ1) is 12.2. The van der Waals surface area contributed by atoms with Gasteiger partial charge >= 0.3 is 11.8 Å². The van der Waals surface area contributed by atoms with E-state index in [0.29, 0.717) is 0 Å². The highest BCUT2D eigenvalue weighted by atomic mass is 16.7. The third-order valence-corrected chi connectivity index (χ3v) is 2.92. The highest BCUT2D eigenvalue weighted by Gasteiger charge is 2.69. The zero-order valence-electron chi connectivity index (χ0n) is 8.66. The number of amides is 3. The van der Waals surface area contributed by atoms with Crippen LogP contribution < -0.4 is 5.32 Å². The number of ether oxygens (including phenoxy) is 1. The summed E-state index contributed by atoms with van der Waals surface area (Å²) in [6, 6.07) is -1.22. The summed E-state index contributed by atoms with van der Waals surface area (Å²) < 4.78 is 4.99. The Hall–Kier alpha value is -1.26. The molecule has 0 aromatic carbocycles. The van der Waals surface area contributed by atoms with Crippen LogP contribution >= 0.6 is 0 Å². The molecule has 0 aromatic rings. The van der Waals surface area contributed by atoms with Gasteiger partial charge in [-0.1, -0.05) is 0 Å². The van der Waals surface area contributed by atoms with Crippen molar-refractivity contribution < 1.29 is 34.9 Å². The first-order valence-electron chi connectivity index (χ1n) is 4.93. The van der Waals surface area contributed by atoms with E-state index in [2.05, 4.69) is 0 Å². The minimum Gasteiger partial charge on any atom is -0.394 e. The second-order valence-corrected chi connectivity index (χ2v) is 3.99. The number of hydroxylamine groups is 2. The van der Waals surface area contributed by atoms with Gasteiger partial charge in [0.2, 0.25) is 5.79 Å². The third kappa shape index (κ3) is 1.44. The fourth-order valence-corrected chi connectivity index (χ4v) is 1.98. The van der Waals surface area contributed by atoms with E-state index < -0.39 is 36.2 Å². The zero-order chi connectivity index (χ0) is 12.8. The Bertz CT molecular complexity index is 371. The lowest BCUT2D eigenvalue weighted by molar-refractivity contribution is -0.384. The van der Waals surface area contributed by atoms with Crippen LogP contribution in [0.15, 0.2) is 0 Å². The van der Waals surface area contributed by atoms with E-state index >= 15 is 0 Å². The van der Waals surface area contributed by atoms with Crippen LogP contribution in [0.25, 0.3) is 0 Å². The Labute approximate surface area is 95.2 Å². The number of nitrogens with zero attached hydrogens (tertiary/aromatic N) is 1. The number of urea groups is 1. The monoisotopic (exact) mass is 248 g/mol. The van der Waals surface area contributed by atoms with E-state index in [-0.39, 0.29) is 17.9 Å². The van der Waals surface area contributed by atoms with Crippen LogP contribution in [-0.4, -0.2) is 61.8 Å². The Morgan fingerprint density at radius 3 is 2.59 bits per heavy atom. The second kappa shape index (κ2) is 3.62. The van der Waals surface area contributed by atoms with E-state index in [0.717, 1.165) is 0 Å². The van der Waals surface area contributed by atoms with Crippen LogP contribution in [0.1, 0.15) is 12.8 Å². The molecule has 2 aliphatic rings. The molecule has 0 aromatic heterocycles. The quantitative estimate of drug-likeness (QED) is 0.196. The van der Waals surface area contributed by atoms with Crippen molar-refractivity contribution in [1.82, 2.24) is 10.4 Å². The van der Waals surface area contributed by atoms with Crippen molar-refractivity contribution in [3.63, 3.8) is 0 Å². The molecule has 2 aliphatic heterocycles. The van der Waals surface area contributed by atoms with E-state index in [1.165, 1.54) is 0 Å². The highest BCUT2D eigenvalue weighted by Crippen LogP contribution is 2.40.